The maximum absolute atomic E-state index is 9.33. The molecule has 0 aliphatic carbocycles. The molecule has 2 aromatic rings. The minimum absolute atomic E-state index is 0. The van der Waals surface area contributed by atoms with Gasteiger partial charge in [0, 0.05) is 93.5 Å². The summed E-state index contributed by atoms with van der Waals surface area (Å²) < 4.78 is 5.10. The fraction of sp³-hybridized carbons (Fsp3) is 0.111. The van der Waals surface area contributed by atoms with Gasteiger partial charge in [0.15, 0.2) is 11.3 Å². The van der Waals surface area contributed by atoms with Gasteiger partial charge < -0.3 is 15.3 Å². The smallest absolute Gasteiger partial charge is 0.175 e. The second-order valence-corrected chi connectivity index (χ2v) is 2.59. The number of fused-ring (bicyclic) bond motifs is 1. The van der Waals surface area contributed by atoms with E-state index in [2.05, 4.69) is 0 Å². The van der Waals surface area contributed by atoms with Crippen LogP contribution in [0, 0.1) is 88.1 Å². The Kier molecular flexibility index (Phi) is 7.56. The van der Waals surface area contributed by atoms with Crippen molar-refractivity contribution in [3.05, 3.63) is 35.8 Å². The Hall–Kier alpha value is 1.40. The van der Waals surface area contributed by atoms with Gasteiger partial charge in [0.05, 0.1) is 6.26 Å². The molecule has 5 heteroatoms. The van der Waals surface area contributed by atoms with E-state index >= 15 is 0 Å². The molecule has 2 radical (unpaired) electrons. The summed E-state index contributed by atoms with van der Waals surface area (Å²) in [6.07, 6.45) is 1.51. The third-order valence-electron chi connectivity index (χ3n) is 1.85. The van der Waals surface area contributed by atoms with Crippen molar-refractivity contribution in [3.63, 3.8) is 0 Å². The van der Waals surface area contributed by atoms with Crippen molar-refractivity contribution < 1.29 is 97.6 Å². The molecule has 14 heavy (non-hydrogen) atoms. The van der Waals surface area contributed by atoms with Gasteiger partial charge in [-0.3, -0.25) is 0 Å². The molecule has 1 aromatic heterocycles. The minimum Gasteiger partial charge on any atom is -0.674 e. The predicted octanol–water partition coefficient (Wildman–Crippen LogP) is 2.69. The number of rotatable bonds is 1. The van der Waals surface area contributed by atoms with Crippen molar-refractivity contribution in [1.29, 1.82) is 0 Å². The molecule has 0 aliphatic rings. The second kappa shape index (κ2) is 6.87. The number of nitrogens with one attached hydrogen (secondary N) is 1. The summed E-state index contributed by atoms with van der Waals surface area (Å²) in [4.78, 5) is 0. The molecule has 3 nitrogen and oxygen atoms in total. The van der Waals surface area contributed by atoms with Crippen molar-refractivity contribution in [2.45, 2.75) is 6.54 Å². The Labute approximate surface area is 154 Å². The van der Waals surface area contributed by atoms with Crippen LogP contribution in [0.5, 0.6) is 5.75 Å². The van der Waals surface area contributed by atoms with Crippen LogP contribution in [0.3, 0.4) is 0 Å². The van der Waals surface area contributed by atoms with Crippen LogP contribution in [-0.2, 0) is 6.54 Å². The van der Waals surface area contributed by atoms with E-state index in [1.54, 1.807) is 12.1 Å². The number of furan rings is 1. The number of phenols is 1. The average Bonchev–Trinajstić information content (AvgIpc) is 2.49. The monoisotopic (exact) mass is 616 g/mol. The van der Waals surface area contributed by atoms with Gasteiger partial charge in [0.25, 0.3) is 0 Å². The summed E-state index contributed by atoms with van der Waals surface area (Å²) >= 11 is 0. The molecule has 0 bridgehead atoms. The van der Waals surface area contributed by atoms with Gasteiger partial charge in [-0.2, -0.15) is 0 Å². The maximum atomic E-state index is 9.33. The second-order valence-electron chi connectivity index (χ2n) is 2.59. The number of hydrogen-bond acceptors (Lipinski definition) is 2. The van der Waals surface area contributed by atoms with Crippen LogP contribution in [0.25, 0.3) is 16.7 Å². The quantitative estimate of drug-likeness (QED) is 0.537. The molecule has 0 amide bonds. The number of para-hydroxylation sites is 1. The van der Waals surface area contributed by atoms with E-state index in [0.29, 0.717) is 5.58 Å². The predicted molar refractivity (Wildman–Crippen MR) is 45.9 cm³/mol. The fourth-order valence-electron chi connectivity index (χ4n) is 1.23. The SMILES string of the molecule is [Ac].[Ac].[NH-]Cc1coc2c(O)cccc12. The number of aromatic hydroxyl groups is 1. The van der Waals surface area contributed by atoms with E-state index in [-0.39, 0.29) is 100 Å². The molecule has 0 saturated heterocycles. The zero-order valence-corrected chi connectivity index (χ0v) is 17.0. The standard InChI is InChI=1S/C9H8NO2.2Ac/c10-4-6-5-12-9-7(6)2-1-3-8(9)11;;/h1-3,5,10-11H,4H2;;/q-1;;. The van der Waals surface area contributed by atoms with Crippen molar-refractivity contribution in [1.82, 2.24) is 0 Å². The van der Waals surface area contributed by atoms with Gasteiger partial charge >= 0.3 is 0 Å². The normalized spacial score (nSPS) is 9.21. The van der Waals surface area contributed by atoms with Crippen molar-refractivity contribution >= 4 is 11.0 Å². The van der Waals surface area contributed by atoms with Crippen LogP contribution in [0.4, 0.5) is 0 Å². The molecule has 2 rings (SSSR count). The Bertz CT molecular complexity index is 414. The van der Waals surface area contributed by atoms with E-state index in [0.717, 1.165) is 10.9 Å². The van der Waals surface area contributed by atoms with Gasteiger partial charge in [-0.25, -0.2) is 0 Å². The Morgan fingerprint density at radius 1 is 1.29 bits per heavy atom. The van der Waals surface area contributed by atoms with Gasteiger partial charge in [-0.05, 0) is 11.6 Å². The first-order valence-corrected chi connectivity index (χ1v) is 3.65. The summed E-state index contributed by atoms with van der Waals surface area (Å²) in [6, 6.07) is 5.15. The Morgan fingerprint density at radius 3 is 2.64 bits per heavy atom. The molecular formula is C9H8Ac2NO2-. The van der Waals surface area contributed by atoms with Crippen LogP contribution in [0.1, 0.15) is 5.56 Å². The van der Waals surface area contributed by atoms with Crippen LogP contribution >= 0.6 is 0 Å². The van der Waals surface area contributed by atoms with E-state index in [9.17, 15) is 5.11 Å². The van der Waals surface area contributed by atoms with E-state index in [1.807, 2.05) is 6.07 Å². The topological polar surface area (TPSA) is 57.2 Å². The van der Waals surface area contributed by atoms with Crippen LogP contribution in [0.2, 0.25) is 0 Å². The zero-order valence-electron chi connectivity index (χ0n) is 7.53. The first-order valence-electron chi connectivity index (χ1n) is 3.65. The average molecular weight is 616 g/mol. The van der Waals surface area contributed by atoms with Crippen LogP contribution in [-0.4, -0.2) is 5.11 Å². The first kappa shape index (κ1) is 15.4. The molecule has 1 heterocycles. The number of benzene rings is 1. The molecule has 0 saturated carbocycles. The van der Waals surface area contributed by atoms with Gasteiger partial charge in [0.2, 0.25) is 0 Å². The van der Waals surface area contributed by atoms with Crippen molar-refractivity contribution in [2.24, 2.45) is 0 Å². The largest absolute Gasteiger partial charge is 0.674 e. The van der Waals surface area contributed by atoms with E-state index in [1.165, 1.54) is 6.26 Å². The third kappa shape index (κ3) is 2.96. The summed E-state index contributed by atoms with van der Waals surface area (Å²) in [5.41, 5.74) is 8.45. The molecule has 0 fully saturated rings. The maximum Gasteiger partial charge on any atom is 0.175 e. The van der Waals surface area contributed by atoms with Crippen LogP contribution < -0.4 is 0 Å². The molecule has 1 aromatic carbocycles. The van der Waals surface area contributed by atoms with Gasteiger partial charge in [0.1, 0.15) is 0 Å². The summed E-state index contributed by atoms with van der Waals surface area (Å²) in [7, 11) is 0. The molecule has 0 aliphatic heterocycles. The van der Waals surface area contributed by atoms with Gasteiger partial charge in [-0.15, -0.1) is 6.54 Å². The summed E-state index contributed by atoms with van der Waals surface area (Å²) in [5, 5.41) is 10.1. The summed E-state index contributed by atoms with van der Waals surface area (Å²) in [6.45, 7) is 0.177. The minimum atomic E-state index is 0. The van der Waals surface area contributed by atoms with Crippen molar-refractivity contribution in [3.8, 4) is 5.75 Å². The number of hydrogen-bond donors (Lipinski definition) is 1. The Morgan fingerprint density at radius 2 is 2.00 bits per heavy atom. The first-order chi connectivity index (χ1) is 5.83. The molecule has 0 unspecified atom stereocenters. The van der Waals surface area contributed by atoms with Crippen molar-refractivity contribution in [2.75, 3.05) is 0 Å². The summed E-state index contributed by atoms with van der Waals surface area (Å²) in [5.74, 6) is 0.132. The molecular weight excluding hydrogens is 608 g/mol. The Balaban J connectivity index is 0.000000845. The fourth-order valence-corrected chi connectivity index (χ4v) is 1.23. The third-order valence-corrected chi connectivity index (χ3v) is 1.85. The van der Waals surface area contributed by atoms with Gasteiger partial charge in [-0.1, -0.05) is 12.1 Å². The molecule has 0 atom stereocenters. The number of phenolic OH excluding ortho intramolecular Hbond substituents is 1. The molecule has 2 N–H and O–H groups in total. The zero-order chi connectivity index (χ0) is 8.55. The molecule has 68 valence electrons. The van der Waals surface area contributed by atoms with E-state index < -0.39 is 0 Å². The van der Waals surface area contributed by atoms with E-state index in [4.69, 9.17) is 10.2 Å². The van der Waals surface area contributed by atoms with Crippen LogP contribution in [0.15, 0.2) is 28.9 Å². The molecule has 0 spiro atoms.